The maximum Gasteiger partial charge on any atom is 0.303 e. The third-order valence-electron chi connectivity index (χ3n) is 3.92. The molecule has 122 valence electrons. The fourth-order valence-electron chi connectivity index (χ4n) is 2.88. The molecule has 2 nitrogen and oxygen atoms in total. The molecule has 1 aliphatic carbocycles. The lowest BCUT2D eigenvalue weighted by atomic mass is 9.84. The number of hydrogen-bond acceptors (Lipinski definition) is 2. The Kier molecular flexibility index (Phi) is 7.74. The molecule has 0 aromatic rings. The zero-order valence-corrected chi connectivity index (χ0v) is 15.2. The number of hydrogen-bond donors (Lipinski definition) is 1. The predicted molar refractivity (Wildman–Crippen MR) is 96.8 cm³/mol. The van der Waals surface area contributed by atoms with Gasteiger partial charge in [0.05, 0.1) is 6.42 Å². The van der Waals surface area contributed by atoms with Gasteiger partial charge in [-0.3, -0.25) is 4.79 Å². The van der Waals surface area contributed by atoms with Gasteiger partial charge in [0.2, 0.25) is 0 Å². The predicted octanol–water partition coefficient (Wildman–Crippen LogP) is 5.94. The number of carboxylic acid groups (broad SMARTS) is 1. The van der Waals surface area contributed by atoms with E-state index in [2.05, 4.69) is 38.2 Å². The van der Waals surface area contributed by atoms with E-state index in [1.807, 2.05) is 32.5 Å². The summed E-state index contributed by atoms with van der Waals surface area (Å²) in [5.41, 5.74) is 2.52. The van der Waals surface area contributed by atoms with Crippen molar-refractivity contribution in [1.82, 2.24) is 0 Å². The van der Waals surface area contributed by atoms with Crippen molar-refractivity contribution in [3.8, 4) is 0 Å². The standard InChI is InChI=1S/C17H22O2S.C2H6/c1-4-12-9-13(10-17(18)19)14-7-6-11(3)8-16(14)20-15(12)5-2;1-2/h4-7,11,13H,8-10H2,1-3H3,(H,18,19);1-2H3/b12-4-,15-5+;. The second kappa shape index (κ2) is 9.04. The highest BCUT2D eigenvalue weighted by molar-refractivity contribution is 8.07. The zero-order valence-electron chi connectivity index (χ0n) is 14.3. The van der Waals surface area contributed by atoms with Crippen LogP contribution in [0.2, 0.25) is 0 Å². The molecule has 0 amide bonds. The largest absolute Gasteiger partial charge is 0.481 e. The van der Waals surface area contributed by atoms with Gasteiger partial charge in [-0.15, -0.1) is 0 Å². The van der Waals surface area contributed by atoms with E-state index in [1.54, 1.807) is 0 Å². The van der Waals surface area contributed by atoms with Crippen molar-refractivity contribution in [1.29, 1.82) is 0 Å². The van der Waals surface area contributed by atoms with Crippen molar-refractivity contribution in [2.45, 2.75) is 53.9 Å². The molecule has 0 saturated carbocycles. The van der Waals surface area contributed by atoms with E-state index < -0.39 is 5.97 Å². The minimum Gasteiger partial charge on any atom is -0.481 e. The van der Waals surface area contributed by atoms with E-state index in [1.165, 1.54) is 21.0 Å². The summed E-state index contributed by atoms with van der Waals surface area (Å²) < 4.78 is 0. The lowest BCUT2D eigenvalue weighted by Crippen LogP contribution is -2.13. The third-order valence-corrected chi connectivity index (χ3v) is 5.29. The molecular weight excluding hydrogens is 292 g/mol. The average Bonchev–Trinajstić information content (AvgIpc) is 2.65. The van der Waals surface area contributed by atoms with E-state index in [-0.39, 0.29) is 12.3 Å². The topological polar surface area (TPSA) is 37.3 Å². The lowest BCUT2D eigenvalue weighted by molar-refractivity contribution is -0.137. The van der Waals surface area contributed by atoms with Gasteiger partial charge >= 0.3 is 5.97 Å². The van der Waals surface area contributed by atoms with Gasteiger partial charge in [-0.1, -0.05) is 56.8 Å². The molecule has 0 saturated heterocycles. The second-order valence-corrected chi connectivity index (χ2v) is 6.62. The van der Waals surface area contributed by atoms with Crippen LogP contribution in [-0.2, 0) is 4.79 Å². The Bertz CT molecular complexity index is 524. The molecule has 2 aliphatic rings. The van der Waals surface area contributed by atoms with Gasteiger partial charge in [0.25, 0.3) is 0 Å². The minimum atomic E-state index is -0.710. The van der Waals surface area contributed by atoms with Gasteiger partial charge in [0.15, 0.2) is 0 Å². The molecule has 0 bridgehead atoms. The van der Waals surface area contributed by atoms with Crippen LogP contribution in [0.3, 0.4) is 0 Å². The Balaban J connectivity index is 0.00000116. The highest BCUT2D eigenvalue weighted by Gasteiger charge is 2.28. The first-order chi connectivity index (χ1) is 10.5. The molecule has 1 aliphatic heterocycles. The first-order valence-electron chi connectivity index (χ1n) is 8.17. The van der Waals surface area contributed by atoms with Crippen molar-refractivity contribution < 1.29 is 9.90 Å². The van der Waals surface area contributed by atoms with Crippen molar-refractivity contribution in [3.05, 3.63) is 45.3 Å². The van der Waals surface area contributed by atoms with Gasteiger partial charge in [-0.25, -0.2) is 0 Å². The third kappa shape index (κ3) is 4.64. The van der Waals surface area contributed by atoms with E-state index in [4.69, 9.17) is 0 Å². The van der Waals surface area contributed by atoms with Crippen LogP contribution in [0.4, 0.5) is 0 Å². The Hall–Kier alpha value is -1.22. The van der Waals surface area contributed by atoms with Gasteiger partial charge in [-0.05, 0) is 54.6 Å². The van der Waals surface area contributed by atoms with Crippen LogP contribution in [0, 0.1) is 11.8 Å². The second-order valence-electron chi connectivity index (χ2n) is 5.49. The summed E-state index contributed by atoms with van der Waals surface area (Å²) in [6.45, 7) is 10.3. The maximum atomic E-state index is 11.2. The number of allylic oxidation sites excluding steroid dienone is 7. The van der Waals surface area contributed by atoms with Crippen molar-refractivity contribution in [2.24, 2.45) is 11.8 Å². The molecule has 1 N–H and O–H groups in total. The van der Waals surface area contributed by atoms with Crippen molar-refractivity contribution in [3.63, 3.8) is 0 Å². The van der Waals surface area contributed by atoms with Crippen LogP contribution in [-0.4, -0.2) is 11.1 Å². The fourth-order valence-corrected chi connectivity index (χ4v) is 4.29. The molecule has 3 heteroatoms. The van der Waals surface area contributed by atoms with Crippen molar-refractivity contribution >= 4 is 17.7 Å². The van der Waals surface area contributed by atoms with Gasteiger partial charge < -0.3 is 5.11 Å². The monoisotopic (exact) mass is 320 g/mol. The van der Waals surface area contributed by atoms with Crippen LogP contribution >= 0.6 is 11.8 Å². The molecule has 1 heterocycles. The van der Waals surface area contributed by atoms with E-state index >= 15 is 0 Å². The number of carboxylic acids is 1. The molecule has 2 atom stereocenters. The first kappa shape index (κ1) is 18.8. The van der Waals surface area contributed by atoms with Crippen LogP contribution in [0.5, 0.6) is 0 Å². The summed E-state index contributed by atoms with van der Waals surface area (Å²) in [5, 5.41) is 9.19. The summed E-state index contributed by atoms with van der Waals surface area (Å²) in [7, 11) is 0. The molecule has 0 fully saturated rings. The maximum absolute atomic E-state index is 11.2. The molecule has 0 spiro atoms. The van der Waals surface area contributed by atoms with Crippen molar-refractivity contribution in [2.75, 3.05) is 0 Å². The number of aliphatic carboxylic acids is 1. The highest BCUT2D eigenvalue weighted by Crippen LogP contribution is 2.47. The summed E-state index contributed by atoms with van der Waals surface area (Å²) >= 11 is 1.83. The van der Waals surface area contributed by atoms with Gasteiger partial charge in [0, 0.05) is 4.91 Å². The summed E-state index contributed by atoms with van der Waals surface area (Å²) in [5.74, 6) is -0.0716. The van der Waals surface area contributed by atoms with E-state index in [9.17, 15) is 9.90 Å². The Labute approximate surface area is 139 Å². The minimum absolute atomic E-state index is 0.0994. The normalized spacial score (nSPS) is 28.0. The molecule has 2 unspecified atom stereocenters. The molecule has 22 heavy (non-hydrogen) atoms. The smallest absolute Gasteiger partial charge is 0.303 e. The molecular formula is C19H28O2S. The van der Waals surface area contributed by atoms with Crippen LogP contribution in [0.1, 0.15) is 53.9 Å². The molecule has 0 radical (unpaired) electrons. The first-order valence-corrected chi connectivity index (χ1v) is 8.99. The SMILES string of the molecule is C/C=C1/CC(CC(=O)O)C2=C(CC(C)C=C2)S/C1=C/C.CC. The summed E-state index contributed by atoms with van der Waals surface area (Å²) in [6, 6.07) is 0. The number of thioether (sulfide) groups is 1. The van der Waals surface area contributed by atoms with Crippen LogP contribution in [0.25, 0.3) is 0 Å². The van der Waals surface area contributed by atoms with E-state index in [0.717, 1.165) is 12.8 Å². The molecule has 2 rings (SSSR count). The number of rotatable bonds is 2. The van der Waals surface area contributed by atoms with Crippen LogP contribution in [0.15, 0.2) is 45.3 Å². The Morgan fingerprint density at radius 2 is 2.00 bits per heavy atom. The molecule has 0 aromatic carbocycles. The molecule has 0 aromatic heterocycles. The van der Waals surface area contributed by atoms with Crippen LogP contribution < -0.4 is 0 Å². The van der Waals surface area contributed by atoms with E-state index in [0.29, 0.717) is 5.92 Å². The van der Waals surface area contributed by atoms with Gasteiger partial charge in [-0.2, -0.15) is 0 Å². The Morgan fingerprint density at radius 1 is 1.32 bits per heavy atom. The quantitative estimate of drug-likeness (QED) is 0.684. The fraction of sp³-hybridized carbons (Fsp3) is 0.526. The lowest BCUT2D eigenvalue weighted by Gasteiger charge is -2.22. The average molecular weight is 320 g/mol. The number of carbonyl (C=O) groups is 1. The highest BCUT2D eigenvalue weighted by atomic mass is 32.2. The zero-order chi connectivity index (χ0) is 16.7. The summed E-state index contributed by atoms with van der Waals surface area (Å²) in [6.07, 6.45) is 10.7. The van der Waals surface area contributed by atoms with Gasteiger partial charge in [0.1, 0.15) is 0 Å². The summed E-state index contributed by atoms with van der Waals surface area (Å²) in [4.78, 5) is 13.8. The Morgan fingerprint density at radius 3 is 2.55 bits per heavy atom.